The van der Waals surface area contributed by atoms with Gasteiger partial charge in [0.1, 0.15) is 17.2 Å². The Bertz CT molecular complexity index is 969. The number of rotatable bonds is 5. The van der Waals surface area contributed by atoms with Crippen LogP contribution >= 0.6 is 0 Å². The molecule has 0 amide bonds. The number of hydrogen-bond donors (Lipinski definition) is 3. The van der Waals surface area contributed by atoms with Crippen LogP contribution < -0.4 is 15.1 Å². The molecule has 2 aromatic rings. The molecule has 164 valence electrons. The summed E-state index contributed by atoms with van der Waals surface area (Å²) < 4.78 is 38.2. The second kappa shape index (κ2) is 8.12. The molecule has 8 nitrogen and oxygen atoms in total. The molecule has 2 aliphatic rings. The highest BCUT2D eigenvalue weighted by Gasteiger charge is 2.40. The van der Waals surface area contributed by atoms with Crippen LogP contribution in [0.4, 0.5) is 36.3 Å². The molecule has 4 rings (SSSR count). The van der Waals surface area contributed by atoms with Crippen LogP contribution in [-0.4, -0.2) is 39.2 Å². The lowest BCUT2D eigenvalue weighted by Crippen LogP contribution is -2.56. The zero-order valence-electron chi connectivity index (χ0n) is 16.9. The Morgan fingerprint density at radius 2 is 1.94 bits per heavy atom. The molecule has 1 aliphatic heterocycles. The number of aromatic nitrogens is 3. The van der Waals surface area contributed by atoms with Crippen LogP contribution in [0.1, 0.15) is 44.7 Å². The van der Waals surface area contributed by atoms with Crippen molar-refractivity contribution in [1.29, 1.82) is 10.8 Å². The SMILES string of the molecule is CC[C@@H]1C(=N)N(C=N)c2cnc(Nc3ccc(C(F)(F)F)nc3)nc2N1C1CCCC1. The van der Waals surface area contributed by atoms with Gasteiger partial charge in [-0.3, -0.25) is 15.7 Å². The first-order valence-electron chi connectivity index (χ1n) is 10.2. The van der Waals surface area contributed by atoms with Gasteiger partial charge in [-0.1, -0.05) is 19.8 Å². The third kappa shape index (κ3) is 3.91. The molecule has 3 heterocycles. The van der Waals surface area contributed by atoms with Gasteiger partial charge in [-0.25, -0.2) is 9.97 Å². The fourth-order valence-electron chi connectivity index (χ4n) is 4.26. The summed E-state index contributed by atoms with van der Waals surface area (Å²) in [6.45, 7) is 2.00. The molecule has 0 saturated heterocycles. The summed E-state index contributed by atoms with van der Waals surface area (Å²) >= 11 is 0. The van der Waals surface area contributed by atoms with Gasteiger partial charge >= 0.3 is 6.18 Å². The second-order valence-corrected chi connectivity index (χ2v) is 7.61. The van der Waals surface area contributed by atoms with Crippen molar-refractivity contribution < 1.29 is 13.2 Å². The van der Waals surface area contributed by atoms with Gasteiger partial charge in [-0.2, -0.15) is 18.2 Å². The van der Waals surface area contributed by atoms with Crippen LogP contribution in [0.15, 0.2) is 24.5 Å². The van der Waals surface area contributed by atoms with Gasteiger partial charge in [-0.15, -0.1) is 0 Å². The van der Waals surface area contributed by atoms with Gasteiger partial charge in [0.2, 0.25) is 5.95 Å². The second-order valence-electron chi connectivity index (χ2n) is 7.61. The van der Waals surface area contributed by atoms with Crippen LogP contribution in [0.25, 0.3) is 0 Å². The normalized spacial score (nSPS) is 19.5. The van der Waals surface area contributed by atoms with E-state index in [2.05, 4.69) is 25.2 Å². The third-order valence-corrected chi connectivity index (χ3v) is 5.71. The average Bonchev–Trinajstić information content (AvgIpc) is 3.27. The minimum absolute atomic E-state index is 0.215. The number of hydrogen-bond acceptors (Lipinski definition) is 7. The van der Waals surface area contributed by atoms with Crippen molar-refractivity contribution in [1.82, 2.24) is 15.0 Å². The number of alkyl halides is 3. The lowest BCUT2D eigenvalue weighted by atomic mass is 10.0. The highest BCUT2D eigenvalue weighted by molar-refractivity contribution is 6.16. The van der Waals surface area contributed by atoms with Crippen molar-refractivity contribution in [3.8, 4) is 0 Å². The first-order valence-corrected chi connectivity index (χ1v) is 10.2. The topological polar surface area (TPSA) is 105 Å². The number of nitrogens with zero attached hydrogens (tertiary/aromatic N) is 5. The molecule has 1 fully saturated rings. The van der Waals surface area contributed by atoms with Crippen molar-refractivity contribution in [3.63, 3.8) is 0 Å². The van der Waals surface area contributed by atoms with E-state index in [0.29, 0.717) is 29.4 Å². The van der Waals surface area contributed by atoms with Crippen LogP contribution in [0.5, 0.6) is 0 Å². The summed E-state index contributed by atoms with van der Waals surface area (Å²) in [7, 11) is 0. The Morgan fingerprint density at radius 3 is 2.52 bits per heavy atom. The molecule has 1 saturated carbocycles. The molecule has 0 unspecified atom stereocenters. The number of pyridine rings is 1. The number of fused-ring (bicyclic) bond motifs is 1. The predicted octanol–water partition coefficient (Wildman–Crippen LogP) is 4.57. The van der Waals surface area contributed by atoms with Gasteiger partial charge in [0.05, 0.1) is 30.5 Å². The van der Waals surface area contributed by atoms with Crippen LogP contribution in [0.2, 0.25) is 0 Å². The van der Waals surface area contributed by atoms with Gasteiger partial charge in [0.15, 0.2) is 5.82 Å². The smallest absolute Gasteiger partial charge is 0.342 e. The van der Waals surface area contributed by atoms with E-state index in [0.717, 1.165) is 44.3 Å². The minimum Gasteiger partial charge on any atom is -0.342 e. The van der Waals surface area contributed by atoms with Gasteiger partial charge < -0.3 is 10.2 Å². The minimum atomic E-state index is -4.50. The Hall–Kier alpha value is -3.24. The largest absolute Gasteiger partial charge is 0.433 e. The van der Waals surface area contributed by atoms with Crippen molar-refractivity contribution >= 4 is 35.3 Å². The quantitative estimate of drug-likeness (QED) is 0.472. The van der Waals surface area contributed by atoms with Gasteiger partial charge in [0.25, 0.3) is 0 Å². The summed E-state index contributed by atoms with van der Waals surface area (Å²) in [5, 5.41) is 19.3. The number of anilines is 4. The highest BCUT2D eigenvalue weighted by atomic mass is 19.4. The van der Waals surface area contributed by atoms with E-state index >= 15 is 0 Å². The van der Waals surface area contributed by atoms with E-state index in [-0.39, 0.29) is 18.0 Å². The fourth-order valence-corrected chi connectivity index (χ4v) is 4.26. The van der Waals surface area contributed by atoms with Crippen LogP contribution in [0, 0.1) is 10.8 Å². The molecule has 0 aromatic carbocycles. The Labute approximate surface area is 177 Å². The summed E-state index contributed by atoms with van der Waals surface area (Å²) in [5.74, 6) is 1.15. The van der Waals surface area contributed by atoms with E-state index in [1.54, 1.807) is 0 Å². The van der Waals surface area contributed by atoms with Crippen molar-refractivity contribution in [2.45, 2.75) is 57.3 Å². The molecule has 0 bridgehead atoms. The molecule has 2 aromatic heterocycles. The zero-order valence-corrected chi connectivity index (χ0v) is 16.9. The van der Waals surface area contributed by atoms with Gasteiger partial charge in [0, 0.05) is 6.04 Å². The Balaban J connectivity index is 1.69. The fraction of sp³-hybridized carbons (Fsp3) is 0.450. The summed E-state index contributed by atoms with van der Waals surface area (Å²) in [6, 6.07) is 2.21. The molecule has 1 aliphatic carbocycles. The van der Waals surface area contributed by atoms with E-state index < -0.39 is 11.9 Å². The summed E-state index contributed by atoms with van der Waals surface area (Å²) in [5.41, 5.74) is -0.0877. The predicted molar refractivity (Wildman–Crippen MR) is 112 cm³/mol. The monoisotopic (exact) mass is 432 g/mol. The lowest BCUT2D eigenvalue weighted by Gasteiger charge is -2.44. The molecular formula is C20H23F3N8. The third-order valence-electron chi connectivity index (χ3n) is 5.71. The average molecular weight is 432 g/mol. The maximum Gasteiger partial charge on any atom is 0.433 e. The number of halogens is 3. The number of nitrogens with one attached hydrogen (secondary N) is 3. The molecule has 3 N–H and O–H groups in total. The molecular weight excluding hydrogens is 409 g/mol. The summed E-state index contributed by atoms with van der Waals surface area (Å²) in [6.07, 6.45) is 4.14. The molecule has 1 atom stereocenters. The molecule has 0 radical (unpaired) electrons. The first kappa shape index (κ1) is 21.0. The Morgan fingerprint density at radius 1 is 1.19 bits per heavy atom. The van der Waals surface area contributed by atoms with Crippen LogP contribution in [0.3, 0.4) is 0 Å². The van der Waals surface area contributed by atoms with E-state index in [9.17, 15) is 13.2 Å². The zero-order chi connectivity index (χ0) is 22.2. The number of amidine groups is 1. The molecule has 11 heteroatoms. The van der Waals surface area contributed by atoms with Gasteiger partial charge in [-0.05, 0) is 31.4 Å². The maximum atomic E-state index is 12.7. The van der Waals surface area contributed by atoms with E-state index in [4.69, 9.17) is 10.8 Å². The molecule has 0 spiro atoms. The summed E-state index contributed by atoms with van der Waals surface area (Å²) in [4.78, 5) is 16.0. The Kier molecular flexibility index (Phi) is 5.50. The van der Waals surface area contributed by atoms with Crippen molar-refractivity contribution in [2.24, 2.45) is 0 Å². The maximum absolute atomic E-state index is 12.7. The highest BCUT2D eigenvalue weighted by Crippen LogP contribution is 2.40. The van der Waals surface area contributed by atoms with Crippen molar-refractivity contribution in [3.05, 3.63) is 30.2 Å². The molecule has 31 heavy (non-hydrogen) atoms. The first-order chi connectivity index (χ1) is 14.8. The van der Waals surface area contributed by atoms with E-state index in [1.807, 2.05) is 6.92 Å². The van der Waals surface area contributed by atoms with Crippen molar-refractivity contribution in [2.75, 3.05) is 15.1 Å². The standard InChI is InChI=1S/C20H23F3N8/c1-2-14-17(25)30(11-24)15-10-27-19(29-18(15)31(14)13-5-3-4-6-13)28-12-7-8-16(26-9-12)20(21,22)23/h7-11,13-14,24-25H,2-6H2,1H3,(H,27,28,29)/t14-/m1/s1. The lowest BCUT2D eigenvalue weighted by molar-refractivity contribution is -0.141. The van der Waals surface area contributed by atoms with Crippen LogP contribution in [-0.2, 0) is 6.18 Å². The van der Waals surface area contributed by atoms with E-state index in [1.165, 1.54) is 17.2 Å².